The Kier molecular flexibility index (Phi) is 5.96. The summed E-state index contributed by atoms with van der Waals surface area (Å²) in [5.41, 5.74) is 3.10. The summed E-state index contributed by atoms with van der Waals surface area (Å²) in [6.45, 7) is 5.59. The first-order valence-electron chi connectivity index (χ1n) is 10.6. The topological polar surface area (TPSA) is 29.5 Å². The normalized spacial score (nSPS) is 17.6. The van der Waals surface area contributed by atoms with Crippen LogP contribution in [0, 0.1) is 0 Å². The molecule has 3 nitrogen and oxygen atoms in total. The van der Waals surface area contributed by atoms with E-state index >= 15 is 0 Å². The van der Waals surface area contributed by atoms with Crippen LogP contribution >= 0.6 is 0 Å². The van der Waals surface area contributed by atoms with Gasteiger partial charge in [-0.05, 0) is 67.3 Å². The van der Waals surface area contributed by atoms with Crippen LogP contribution in [-0.4, -0.2) is 23.5 Å². The number of ether oxygens (including phenoxy) is 1. The molecule has 3 aromatic rings. The largest absolute Gasteiger partial charge is 0.459 e. The van der Waals surface area contributed by atoms with E-state index in [-0.39, 0.29) is 12.1 Å². The summed E-state index contributed by atoms with van der Waals surface area (Å²) in [5.74, 6) is -0.227. The molecule has 0 radical (unpaired) electrons. The lowest BCUT2D eigenvalue weighted by Crippen LogP contribution is -2.33. The van der Waals surface area contributed by atoms with Crippen molar-refractivity contribution in [2.24, 2.45) is 0 Å². The van der Waals surface area contributed by atoms with Gasteiger partial charge in [-0.2, -0.15) is 0 Å². The fourth-order valence-electron chi connectivity index (χ4n) is 4.33. The molecule has 0 aliphatic carbocycles. The van der Waals surface area contributed by atoms with Gasteiger partial charge in [-0.1, -0.05) is 61.0 Å². The molecule has 3 heteroatoms. The number of rotatable bonds is 5. The predicted molar refractivity (Wildman–Crippen MR) is 118 cm³/mol. The number of likely N-dealkylation sites (tertiary alicyclic amines) is 1. The summed E-state index contributed by atoms with van der Waals surface area (Å²) in [7, 11) is 0. The summed E-state index contributed by atoms with van der Waals surface area (Å²) >= 11 is 0. The first kappa shape index (κ1) is 19.7. The fraction of sp³-hybridized carbons (Fsp3) is 0.346. The van der Waals surface area contributed by atoms with E-state index in [2.05, 4.69) is 53.4 Å². The standard InChI is InChI=1S/C26H29NO2/c1-19(2)29-26(28)24-12-6-5-11-23(24)18-27-16-8-7-13-25(27)22-15-14-20-9-3-4-10-21(20)17-22/h3-6,9-12,14-15,17,19,25H,7-8,13,16,18H2,1-2H3. The van der Waals surface area contributed by atoms with Crippen LogP contribution in [0.3, 0.4) is 0 Å². The van der Waals surface area contributed by atoms with Crippen LogP contribution in [0.4, 0.5) is 0 Å². The predicted octanol–water partition coefficient (Wildman–Crippen LogP) is 6.13. The zero-order valence-corrected chi connectivity index (χ0v) is 17.3. The third-order valence-electron chi connectivity index (χ3n) is 5.73. The molecule has 1 unspecified atom stereocenters. The summed E-state index contributed by atoms with van der Waals surface area (Å²) in [6.07, 6.45) is 3.47. The van der Waals surface area contributed by atoms with Crippen molar-refractivity contribution >= 4 is 16.7 Å². The van der Waals surface area contributed by atoms with E-state index in [9.17, 15) is 4.79 Å². The molecule has 1 aliphatic heterocycles. The van der Waals surface area contributed by atoms with E-state index in [1.807, 2.05) is 32.0 Å². The third-order valence-corrected chi connectivity index (χ3v) is 5.73. The first-order valence-corrected chi connectivity index (χ1v) is 10.6. The molecule has 150 valence electrons. The van der Waals surface area contributed by atoms with Crippen molar-refractivity contribution in [2.75, 3.05) is 6.54 Å². The van der Waals surface area contributed by atoms with E-state index in [1.54, 1.807) is 0 Å². The van der Waals surface area contributed by atoms with Crippen molar-refractivity contribution in [1.82, 2.24) is 4.90 Å². The van der Waals surface area contributed by atoms with Gasteiger partial charge in [0, 0.05) is 12.6 Å². The van der Waals surface area contributed by atoms with Crippen LogP contribution in [0.15, 0.2) is 66.7 Å². The lowest BCUT2D eigenvalue weighted by atomic mass is 9.92. The molecule has 0 amide bonds. The van der Waals surface area contributed by atoms with Crippen LogP contribution < -0.4 is 0 Å². The maximum atomic E-state index is 12.6. The van der Waals surface area contributed by atoms with Gasteiger partial charge in [0.15, 0.2) is 0 Å². The number of benzene rings is 3. The summed E-state index contributed by atoms with van der Waals surface area (Å²) in [6, 6.07) is 23.6. The maximum Gasteiger partial charge on any atom is 0.338 e. The highest BCUT2D eigenvalue weighted by Gasteiger charge is 2.26. The number of hydrogen-bond acceptors (Lipinski definition) is 3. The van der Waals surface area contributed by atoms with Gasteiger partial charge >= 0.3 is 5.97 Å². The van der Waals surface area contributed by atoms with Gasteiger partial charge in [0.05, 0.1) is 11.7 Å². The Hall–Kier alpha value is -2.65. The lowest BCUT2D eigenvalue weighted by Gasteiger charge is -2.36. The van der Waals surface area contributed by atoms with E-state index in [0.717, 1.165) is 25.1 Å². The Labute approximate surface area is 173 Å². The van der Waals surface area contributed by atoms with Crippen LogP contribution in [-0.2, 0) is 11.3 Å². The minimum atomic E-state index is -0.227. The number of carbonyl (C=O) groups excluding carboxylic acids is 1. The Morgan fingerprint density at radius 2 is 1.76 bits per heavy atom. The van der Waals surface area contributed by atoms with E-state index < -0.39 is 0 Å². The van der Waals surface area contributed by atoms with Gasteiger partial charge < -0.3 is 4.74 Å². The smallest absolute Gasteiger partial charge is 0.338 e. The molecule has 1 saturated heterocycles. The second-order valence-electron chi connectivity index (χ2n) is 8.20. The SMILES string of the molecule is CC(C)OC(=O)c1ccccc1CN1CCCCC1c1ccc2ccccc2c1. The fourth-order valence-corrected chi connectivity index (χ4v) is 4.33. The monoisotopic (exact) mass is 387 g/mol. The second kappa shape index (κ2) is 8.79. The number of carbonyl (C=O) groups is 1. The van der Waals surface area contributed by atoms with Gasteiger partial charge in [-0.15, -0.1) is 0 Å². The Morgan fingerprint density at radius 1 is 1.00 bits per heavy atom. The zero-order valence-electron chi connectivity index (χ0n) is 17.3. The van der Waals surface area contributed by atoms with Crippen LogP contribution in [0.5, 0.6) is 0 Å². The Balaban J connectivity index is 1.61. The first-order chi connectivity index (χ1) is 14.1. The average molecular weight is 388 g/mol. The highest BCUT2D eigenvalue weighted by atomic mass is 16.5. The minimum absolute atomic E-state index is 0.115. The van der Waals surface area contributed by atoms with Crippen LogP contribution in [0.1, 0.15) is 60.6 Å². The maximum absolute atomic E-state index is 12.6. The minimum Gasteiger partial charge on any atom is -0.459 e. The highest BCUT2D eigenvalue weighted by molar-refractivity contribution is 5.91. The molecule has 3 aromatic carbocycles. The van der Waals surface area contributed by atoms with Gasteiger partial charge in [0.25, 0.3) is 0 Å². The van der Waals surface area contributed by atoms with Crippen molar-refractivity contribution in [1.29, 1.82) is 0 Å². The number of piperidine rings is 1. The molecule has 1 heterocycles. The van der Waals surface area contributed by atoms with Gasteiger partial charge in [-0.3, -0.25) is 4.90 Å². The molecule has 4 rings (SSSR count). The molecular weight excluding hydrogens is 358 g/mol. The highest BCUT2D eigenvalue weighted by Crippen LogP contribution is 2.34. The number of esters is 1. The Morgan fingerprint density at radius 3 is 2.59 bits per heavy atom. The molecule has 29 heavy (non-hydrogen) atoms. The molecule has 0 spiro atoms. The molecule has 1 fully saturated rings. The summed E-state index contributed by atoms with van der Waals surface area (Å²) < 4.78 is 5.47. The van der Waals surface area contributed by atoms with Gasteiger partial charge in [-0.25, -0.2) is 4.79 Å². The lowest BCUT2D eigenvalue weighted by molar-refractivity contribution is 0.0374. The Bertz CT molecular complexity index is 995. The third kappa shape index (κ3) is 4.51. The van der Waals surface area contributed by atoms with Crippen molar-refractivity contribution in [3.05, 3.63) is 83.4 Å². The van der Waals surface area contributed by atoms with Gasteiger partial charge in [0.1, 0.15) is 0 Å². The summed E-state index contributed by atoms with van der Waals surface area (Å²) in [5, 5.41) is 2.57. The van der Waals surface area contributed by atoms with Crippen molar-refractivity contribution < 1.29 is 9.53 Å². The molecule has 0 N–H and O–H groups in total. The number of hydrogen-bond donors (Lipinski definition) is 0. The van der Waals surface area contributed by atoms with E-state index in [0.29, 0.717) is 11.6 Å². The summed E-state index contributed by atoms with van der Waals surface area (Å²) in [4.78, 5) is 15.1. The molecule has 1 aliphatic rings. The molecule has 1 atom stereocenters. The number of fused-ring (bicyclic) bond motifs is 1. The van der Waals surface area contributed by atoms with Crippen molar-refractivity contribution in [3.8, 4) is 0 Å². The van der Waals surface area contributed by atoms with E-state index in [4.69, 9.17) is 4.74 Å². The molecule has 0 bridgehead atoms. The van der Waals surface area contributed by atoms with Crippen molar-refractivity contribution in [2.45, 2.75) is 51.8 Å². The second-order valence-corrected chi connectivity index (χ2v) is 8.20. The molecule has 0 aromatic heterocycles. The average Bonchev–Trinajstić information content (AvgIpc) is 2.74. The molecular formula is C26H29NO2. The molecule has 0 saturated carbocycles. The van der Waals surface area contributed by atoms with E-state index in [1.165, 1.54) is 29.2 Å². The van der Waals surface area contributed by atoms with Crippen LogP contribution in [0.25, 0.3) is 10.8 Å². The zero-order chi connectivity index (χ0) is 20.2. The van der Waals surface area contributed by atoms with Crippen LogP contribution in [0.2, 0.25) is 0 Å². The number of nitrogens with zero attached hydrogens (tertiary/aromatic N) is 1. The van der Waals surface area contributed by atoms with Crippen molar-refractivity contribution in [3.63, 3.8) is 0 Å². The van der Waals surface area contributed by atoms with Gasteiger partial charge in [0.2, 0.25) is 0 Å². The quantitative estimate of drug-likeness (QED) is 0.493.